The molecule has 0 amide bonds. The molecule has 20 heavy (non-hydrogen) atoms. The summed E-state index contributed by atoms with van der Waals surface area (Å²) in [6, 6.07) is 10.6. The van der Waals surface area contributed by atoms with Gasteiger partial charge in [-0.2, -0.15) is 18.4 Å². The molecule has 0 bridgehead atoms. The molecule has 0 atom stereocenters. The predicted molar refractivity (Wildman–Crippen MR) is 66.2 cm³/mol. The van der Waals surface area contributed by atoms with Crippen molar-refractivity contribution in [2.45, 2.75) is 12.6 Å². The molecule has 2 aromatic carbocycles. The zero-order valence-corrected chi connectivity index (χ0v) is 10.2. The van der Waals surface area contributed by atoms with Gasteiger partial charge in [0.15, 0.2) is 0 Å². The topological polar surface area (TPSA) is 23.8 Å². The SMILES string of the molecule is N#CCc1cccc(C(F)(F)F)c1-c1ccccc1F. The summed E-state index contributed by atoms with van der Waals surface area (Å²) in [4.78, 5) is 0. The molecule has 0 aliphatic rings. The fourth-order valence-corrected chi connectivity index (χ4v) is 2.05. The normalized spacial score (nSPS) is 11.2. The molecule has 1 nitrogen and oxygen atoms in total. The summed E-state index contributed by atoms with van der Waals surface area (Å²) < 4.78 is 53.1. The van der Waals surface area contributed by atoms with Gasteiger partial charge in [-0.1, -0.05) is 30.3 Å². The molecule has 0 heterocycles. The second-order valence-corrected chi connectivity index (χ2v) is 4.15. The molecule has 0 aliphatic heterocycles. The van der Waals surface area contributed by atoms with Crippen molar-refractivity contribution in [2.75, 3.05) is 0 Å². The maximum absolute atomic E-state index is 13.8. The molecular formula is C15H9F4N. The number of nitrogens with zero attached hydrogens (tertiary/aromatic N) is 1. The zero-order chi connectivity index (χ0) is 14.8. The highest BCUT2D eigenvalue weighted by Gasteiger charge is 2.35. The summed E-state index contributed by atoms with van der Waals surface area (Å²) >= 11 is 0. The van der Waals surface area contributed by atoms with Gasteiger partial charge >= 0.3 is 6.18 Å². The number of rotatable bonds is 2. The van der Waals surface area contributed by atoms with Crippen molar-refractivity contribution in [1.29, 1.82) is 5.26 Å². The van der Waals surface area contributed by atoms with Crippen LogP contribution in [0.5, 0.6) is 0 Å². The summed E-state index contributed by atoms with van der Waals surface area (Å²) in [5, 5.41) is 8.73. The molecule has 0 aliphatic carbocycles. The van der Waals surface area contributed by atoms with Crippen LogP contribution in [-0.4, -0.2) is 0 Å². The van der Waals surface area contributed by atoms with Crippen LogP contribution in [0.2, 0.25) is 0 Å². The Morgan fingerprint density at radius 3 is 2.30 bits per heavy atom. The van der Waals surface area contributed by atoms with Gasteiger partial charge in [-0.25, -0.2) is 4.39 Å². The average Bonchev–Trinajstić information content (AvgIpc) is 2.39. The second kappa shape index (κ2) is 5.33. The van der Waals surface area contributed by atoms with Crippen LogP contribution in [0.1, 0.15) is 11.1 Å². The Morgan fingerprint density at radius 1 is 1.00 bits per heavy atom. The first-order valence-electron chi connectivity index (χ1n) is 5.76. The van der Waals surface area contributed by atoms with Crippen molar-refractivity contribution in [2.24, 2.45) is 0 Å². The van der Waals surface area contributed by atoms with Crippen molar-refractivity contribution in [3.05, 3.63) is 59.4 Å². The van der Waals surface area contributed by atoms with Crippen LogP contribution in [0.15, 0.2) is 42.5 Å². The average molecular weight is 279 g/mol. The number of hydrogen-bond donors (Lipinski definition) is 0. The maximum Gasteiger partial charge on any atom is 0.417 e. The van der Waals surface area contributed by atoms with Crippen LogP contribution in [0.3, 0.4) is 0 Å². The Morgan fingerprint density at radius 2 is 1.70 bits per heavy atom. The standard InChI is InChI=1S/C15H9F4N/c16-13-7-2-1-5-11(13)14-10(8-9-20)4-3-6-12(14)15(17,18)19/h1-7H,8H2. The molecular weight excluding hydrogens is 270 g/mol. The Bertz CT molecular complexity index is 668. The molecule has 0 saturated heterocycles. The first kappa shape index (κ1) is 14.1. The number of alkyl halides is 3. The Labute approximate surface area is 113 Å². The third-order valence-electron chi connectivity index (χ3n) is 2.87. The van der Waals surface area contributed by atoms with Crippen molar-refractivity contribution < 1.29 is 17.6 Å². The van der Waals surface area contributed by atoms with Gasteiger partial charge in [-0.05, 0) is 17.7 Å². The van der Waals surface area contributed by atoms with Crippen molar-refractivity contribution in [3.8, 4) is 17.2 Å². The Hall–Kier alpha value is -2.35. The van der Waals surface area contributed by atoms with E-state index in [1.54, 1.807) is 6.07 Å². The van der Waals surface area contributed by atoms with Crippen LogP contribution in [0.25, 0.3) is 11.1 Å². The lowest BCUT2D eigenvalue weighted by Gasteiger charge is -2.16. The van der Waals surface area contributed by atoms with Crippen LogP contribution in [0.4, 0.5) is 17.6 Å². The van der Waals surface area contributed by atoms with Gasteiger partial charge in [0.2, 0.25) is 0 Å². The largest absolute Gasteiger partial charge is 0.417 e. The van der Waals surface area contributed by atoms with E-state index in [1.807, 2.05) is 0 Å². The van der Waals surface area contributed by atoms with E-state index >= 15 is 0 Å². The van der Waals surface area contributed by atoms with E-state index in [4.69, 9.17) is 5.26 Å². The van der Waals surface area contributed by atoms with Gasteiger partial charge in [-0.15, -0.1) is 0 Å². The highest BCUT2D eigenvalue weighted by Crippen LogP contribution is 2.39. The fraction of sp³-hybridized carbons (Fsp3) is 0.133. The molecule has 0 unspecified atom stereocenters. The molecule has 0 radical (unpaired) electrons. The lowest BCUT2D eigenvalue weighted by atomic mass is 9.92. The first-order valence-corrected chi connectivity index (χ1v) is 5.76. The number of benzene rings is 2. The van der Waals surface area contributed by atoms with E-state index in [0.29, 0.717) is 0 Å². The quantitative estimate of drug-likeness (QED) is 0.738. The third kappa shape index (κ3) is 2.64. The lowest BCUT2D eigenvalue weighted by molar-refractivity contribution is -0.137. The number of hydrogen-bond acceptors (Lipinski definition) is 1. The molecule has 5 heteroatoms. The van der Waals surface area contributed by atoms with Crippen molar-refractivity contribution >= 4 is 0 Å². The summed E-state index contributed by atoms with van der Waals surface area (Å²) in [5.41, 5.74) is -1.19. The molecule has 0 saturated carbocycles. The molecule has 102 valence electrons. The molecule has 2 aromatic rings. The fourth-order valence-electron chi connectivity index (χ4n) is 2.05. The molecule has 0 N–H and O–H groups in total. The van der Waals surface area contributed by atoms with E-state index in [0.717, 1.165) is 12.1 Å². The van der Waals surface area contributed by atoms with Crippen molar-refractivity contribution in [1.82, 2.24) is 0 Å². The lowest BCUT2D eigenvalue weighted by Crippen LogP contribution is -2.09. The van der Waals surface area contributed by atoms with E-state index in [1.165, 1.54) is 30.3 Å². The highest BCUT2D eigenvalue weighted by atomic mass is 19.4. The van der Waals surface area contributed by atoms with Gasteiger partial charge in [0.25, 0.3) is 0 Å². The summed E-state index contributed by atoms with van der Waals surface area (Å²) in [7, 11) is 0. The van der Waals surface area contributed by atoms with Crippen LogP contribution < -0.4 is 0 Å². The van der Waals surface area contributed by atoms with Gasteiger partial charge in [-0.3, -0.25) is 0 Å². The molecule has 0 fully saturated rings. The van der Waals surface area contributed by atoms with Crippen LogP contribution >= 0.6 is 0 Å². The van der Waals surface area contributed by atoms with Crippen LogP contribution in [0, 0.1) is 17.1 Å². The van der Waals surface area contributed by atoms with E-state index in [2.05, 4.69) is 0 Å². The van der Waals surface area contributed by atoms with E-state index < -0.39 is 17.6 Å². The monoisotopic (exact) mass is 279 g/mol. The number of nitriles is 1. The van der Waals surface area contributed by atoms with E-state index in [9.17, 15) is 17.6 Å². The Balaban J connectivity index is 2.78. The maximum atomic E-state index is 13.8. The predicted octanol–water partition coefficient (Wildman–Crippen LogP) is 4.58. The molecule has 2 rings (SSSR count). The minimum atomic E-state index is -4.61. The smallest absolute Gasteiger partial charge is 0.206 e. The number of halogens is 4. The summed E-state index contributed by atoms with van der Waals surface area (Å²) in [6.45, 7) is 0. The summed E-state index contributed by atoms with van der Waals surface area (Å²) in [6.07, 6.45) is -4.82. The molecule has 0 aromatic heterocycles. The van der Waals surface area contributed by atoms with Gasteiger partial charge in [0.1, 0.15) is 5.82 Å². The van der Waals surface area contributed by atoms with Gasteiger partial charge in [0.05, 0.1) is 18.1 Å². The highest BCUT2D eigenvalue weighted by molar-refractivity contribution is 5.72. The second-order valence-electron chi connectivity index (χ2n) is 4.15. The minimum absolute atomic E-state index is 0.148. The first-order chi connectivity index (χ1) is 9.45. The van der Waals surface area contributed by atoms with E-state index in [-0.39, 0.29) is 23.1 Å². The van der Waals surface area contributed by atoms with Crippen LogP contribution in [-0.2, 0) is 12.6 Å². The zero-order valence-electron chi connectivity index (χ0n) is 10.2. The Kier molecular flexibility index (Phi) is 3.75. The van der Waals surface area contributed by atoms with Gasteiger partial charge < -0.3 is 0 Å². The minimum Gasteiger partial charge on any atom is -0.206 e. The molecule has 0 spiro atoms. The van der Waals surface area contributed by atoms with Crippen molar-refractivity contribution in [3.63, 3.8) is 0 Å². The van der Waals surface area contributed by atoms with Gasteiger partial charge in [0, 0.05) is 11.1 Å². The third-order valence-corrected chi connectivity index (χ3v) is 2.87. The summed E-state index contributed by atoms with van der Waals surface area (Å²) in [5.74, 6) is -0.747.